The number of carbonyl (C=O) groups is 1. The van der Waals surface area contributed by atoms with E-state index in [1.807, 2.05) is 0 Å². The molecule has 2 N–H and O–H groups in total. The van der Waals surface area contributed by atoms with Crippen LogP contribution in [0.3, 0.4) is 0 Å². The summed E-state index contributed by atoms with van der Waals surface area (Å²) in [5.74, 6) is 0.172. The minimum atomic E-state index is -3.57. The van der Waals surface area contributed by atoms with Crippen LogP contribution in [0.25, 0.3) is 6.08 Å². The summed E-state index contributed by atoms with van der Waals surface area (Å²) in [6.07, 6.45) is 4.34. The highest BCUT2D eigenvalue weighted by atomic mass is 32.2. The van der Waals surface area contributed by atoms with Crippen molar-refractivity contribution in [3.63, 3.8) is 0 Å². The molecule has 6 nitrogen and oxygen atoms in total. The van der Waals surface area contributed by atoms with Crippen LogP contribution >= 0.6 is 0 Å². The van der Waals surface area contributed by atoms with Gasteiger partial charge in [0.2, 0.25) is 15.9 Å². The van der Waals surface area contributed by atoms with E-state index < -0.39 is 10.0 Å². The molecule has 22 heavy (non-hydrogen) atoms. The van der Waals surface area contributed by atoms with Crippen molar-refractivity contribution in [3.8, 4) is 0 Å². The molecular weight excluding hydrogens is 304 g/mol. The number of hydrogen-bond donors (Lipinski definition) is 2. The van der Waals surface area contributed by atoms with E-state index in [1.165, 1.54) is 31.5 Å². The first-order valence-electron chi connectivity index (χ1n) is 6.49. The van der Waals surface area contributed by atoms with Gasteiger partial charge >= 0.3 is 0 Å². The standard InChI is InChI=1S/C15H16N2O4S/c1-11-5-6-12(10-14(11)22(19,20)16-2)17-15(18)8-7-13-4-3-9-21-13/h3-10,16H,1-2H3,(H,17,18)/b8-7+. The highest BCUT2D eigenvalue weighted by Gasteiger charge is 2.15. The molecule has 0 aliphatic heterocycles. The van der Waals surface area contributed by atoms with Gasteiger partial charge in [-0.15, -0.1) is 0 Å². The van der Waals surface area contributed by atoms with Crippen LogP contribution in [0, 0.1) is 6.92 Å². The third-order valence-corrected chi connectivity index (χ3v) is 4.51. The summed E-state index contributed by atoms with van der Waals surface area (Å²) in [6.45, 7) is 1.69. The van der Waals surface area contributed by atoms with Gasteiger partial charge in [0.15, 0.2) is 0 Å². The predicted octanol–water partition coefficient (Wildman–Crippen LogP) is 2.15. The number of nitrogens with one attached hydrogen (secondary N) is 2. The maximum absolute atomic E-state index is 11.9. The summed E-state index contributed by atoms with van der Waals surface area (Å²) in [5, 5.41) is 2.61. The minimum absolute atomic E-state index is 0.128. The first kappa shape index (κ1) is 16.0. The van der Waals surface area contributed by atoms with Crippen molar-refractivity contribution in [2.24, 2.45) is 0 Å². The minimum Gasteiger partial charge on any atom is -0.465 e. The summed E-state index contributed by atoms with van der Waals surface area (Å²) >= 11 is 0. The Hall–Kier alpha value is -2.38. The van der Waals surface area contributed by atoms with Crippen LogP contribution in [0.4, 0.5) is 5.69 Å². The van der Waals surface area contributed by atoms with Crippen LogP contribution in [-0.4, -0.2) is 21.4 Å². The van der Waals surface area contributed by atoms with Gasteiger partial charge in [-0.3, -0.25) is 4.79 Å². The predicted molar refractivity (Wildman–Crippen MR) is 83.8 cm³/mol. The maximum atomic E-state index is 11.9. The first-order valence-corrected chi connectivity index (χ1v) is 7.97. The van der Waals surface area contributed by atoms with E-state index in [9.17, 15) is 13.2 Å². The lowest BCUT2D eigenvalue weighted by molar-refractivity contribution is -0.111. The smallest absolute Gasteiger partial charge is 0.248 e. The van der Waals surface area contributed by atoms with Crippen LogP contribution in [0.5, 0.6) is 0 Å². The average Bonchev–Trinajstić information content (AvgIpc) is 3.00. The Morgan fingerprint density at radius 1 is 1.27 bits per heavy atom. The van der Waals surface area contributed by atoms with Gasteiger partial charge < -0.3 is 9.73 Å². The normalized spacial score (nSPS) is 11.7. The van der Waals surface area contributed by atoms with Gasteiger partial charge in [-0.05, 0) is 49.9 Å². The molecule has 2 aromatic rings. The number of aryl methyl sites for hydroxylation is 1. The van der Waals surface area contributed by atoms with Crippen LogP contribution in [0.15, 0.2) is 52.0 Å². The molecule has 1 heterocycles. The van der Waals surface area contributed by atoms with Crippen molar-refractivity contribution in [3.05, 3.63) is 54.0 Å². The van der Waals surface area contributed by atoms with E-state index in [0.717, 1.165) is 0 Å². The van der Waals surface area contributed by atoms with Crippen molar-refractivity contribution in [2.45, 2.75) is 11.8 Å². The zero-order valence-corrected chi connectivity index (χ0v) is 13.0. The van der Waals surface area contributed by atoms with Crippen molar-refractivity contribution < 1.29 is 17.6 Å². The van der Waals surface area contributed by atoms with Crippen LogP contribution in [-0.2, 0) is 14.8 Å². The second-order valence-electron chi connectivity index (χ2n) is 4.53. The van der Waals surface area contributed by atoms with Gasteiger partial charge in [-0.25, -0.2) is 13.1 Å². The Morgan fingerprint density at radius 3 is 2.68 bits per heavy atom. The van der Waals surface area contributed by atoms with Gasteiger partial charge in [0.25, 0.3) is 0 Å². The summed E-state index contributed by atoms with van der Waals surface area (Å²) in [4.78, 5) is 11.9. The fourth-order valence-corrected chi connectivity index (χ4v) is 2.80. The fraction of sp³-hybridized carbons (Fsp3) is 0.133. The lowest BCUT2D eigenvalue weighted by Crippen LogP contribution is -2.20. The van der Waals surface area contributed by atoms with E-state index >= 15 is 0 Å². The maximum Gasteiger partial charge on any atom is 0.248 e. The number of rotatable bonds is 5. The Morgan fingerprint density at radius 2 is 2.05 bits per heavy atom. The summed E-state index contributed by atoms with van der Waals surface area (Å²) in [7, 11) is -2.23. The van der Waals surface area contributed by atoms with Gasteiger partial charge in [-0.1, -0.05) is 6.07 Å². The van der Waals surface area contributed by atoms with Gasteiger partial charge in [0.05, 0.1) is 11.2 Å². The molecule has 0 unspecified atom stereocenters. The summed E-state index contributed by atoms with van der Waals surface area (Å²) in [6, 6.07) is 8.12. The second-order valence-corrected chi connectivity index (χ2v) is 6.38. The lowest BCUT2D eigenvalue weighted by Gasteiger charge is -2.09. The number of hydrogen-bond acceptors (Lipinski definition) is 4. The highest BCUT2D eigenvalue weighted by molar-refractivity contribution is 7.89. The Kier molecular flexibility index (Phi) is 4.79. The molecule has 0 spiro atoms. The zero-order valence-electron chi connectivity index (χ0n) is 12.2. The number of anilines is 1. The van der Waals surface area contributed by atoms with Crippen molar-refractivity contribution >= 4 is 27.7 Å². The van der Waals surface area contributed by atoms with Gasteiger partial charge in [0, 0.05) is 11.8 Å². The molecule has 2 rings (SSSR count). The van der Waals surface area contributed by atoms with E-state index in [-0.39, 0.29) is 10.8 Å². The molecule has 0 bridgehead atoms. The van der Waals surface area contributed by atoms with E-state index in [2.05, 4.69) is 10.0 Å². The molecular formula is C15H16N2O4S. The lowest BCUT2D eigenvalue weighted by atomic mass is 10.2. The SMILES string of the molecule is CNS(=O)(=O)c1cc(NC(=O)/C=C/c2ccco2)ccc1C. The average molecular weight is 320 g/mol. The molecule has 0 radical (unpaired) electrons. The Labute approximate surface area is 128 Å². The van der Waals surface area contributed by atoms with E-state index in [0.29, 0.717) is 17.0 Å². The largest absolute Gasteiger partial charge is 0.465 e. The number of sulfonamides is 1. The number of furan rings is 1. The molecule has 0 aliphatic rings. The molecule has 1 aromatic carbocycles. The van der Waals surface area contributed by atoms with Crippen LogP contribution in [0.1, 0.15) is 11.3 Å². The second kappa shape index (κ2) is 6.59. The van der Waals surface area contributed by atoms with E-state index in [4.69, 9.17) is 4.42 Å². The highest BCUT2D eigenvalue weighted by Crippen LogP contribution is 2.20. The monoisotopic (exact) mass is 320 g/mol. The molecule has 7 heteroatoms. The molecule has 1 aromatic heterocycles. The number of amides is 1. The fourth-order valence-electron chi connectivity index (χ4n) is 1.81. The topological polar surface area (TPSA) is 88.4 Å². The van der Waals surface area contributed by atoms with Crippen molar-refractivity contribution in [2.75, 3.05) is 12.4 Å². The quantitative estimate of drug-likeness (QED) is 0.826. The van der Waals surface area contributed by atoms with Crippen molar-refractivity contribution in [1.82, 2.24) is 4.72 Å². The Bertz CT molecular complexity index is 793. The third kappa shape index (κ3) is 3.84. The number of benzene rings is 1. The Balaban J connectivity index is 2.17. The molecule has 0 fully saturated rings. The molecule has 0 aliphatic carbocycles. The zero-order chi connectivity index (χ0) is 16.2. The van der Waals surface area contributed by atoms with Gasteiger partial charge in [0.1, 0.15) is 5.76 Å². The van der Waals surface area contributed by atoms with Crippen molar-refractivity contribution in [1.29, 1.82) is 0 Å². The molecule has 0 saturated carbocycles. The summed E-state index contributed by atoms with van der Waals surface area (Å²) in [5.41, 5.74) is 0.993. The molecule has 1 amide bonds. The molecule has 0 atom stereocenters. The van der Waals surface area contributed by atoms with Crippen LogP contribution in [0.2, 0.25) is 0 Å². The molecule has 0 saturated heterocycles. The molecule has 116 valence electrons. The van der Waals surface area contributed by atoms with Crippen LogP contribution < -0.4 is 10.0 Å². The number of carbonyl (C=O) groups excluding carboxylic acids is 1. The first-order chi connectivity index (χ1) is 10.4. The van der Waals surface area contributed by atoms with Gasteiger partial charge in [-0.2, -0.15) is 0 Å². The summed E-state index contributed by atoms with van der Waals surface area (Å²) < 4.78 is 31.1. The third-order valence-electron chi connectivity index (χ3n) is 2.96. The van der Waals surface area contributed by atoms with E-state index in [1.54, 1.807) is 31.2 Å².